The smallest absolute Gasteiger partial charge is 0.382 e. The van der Waals surface area contributed by atoms with Crippen molar-refractivity contribution >= 4 is 7.05 Å². The zero-order valence-corrected chi connectivity index (χ0v) is 8.13. The van der Waals surface area contributed by atoms with E-state index in [1.807, 2.05) is 6.92 Å². The first-order valence-electron chi connectivity index (χ1n) is 4.61. The molecule has 1 atom stereocenters. The van der Waals surface area contributed by atoms with Gasteiger partial charge in [-0.3, -0.25) is 0 Å². The van der Waals surface area contributed by atoms with Crippen LogP contribution in [0.2, 0.25) is 6.32 Å². The molecule has 0 radical (unpaired) electrons. The molecule has 0 spiro atoms. The second-order valence-electron chi connectivity index (χ2n) is 4.13. The van der Waals surface area contributed by atoms with Crippen molar-refractivity contribution in [2.24, 2.45) is 0 Å². The van der Waals surface area contributed by atoms with Crippen LogP contribution in [-0.2, 0) is 4.65 Å². The maximum absolute atomic E-state index is 9.37. The average molecular weight is 171 g/mol. The van der Waals surface area contributed by atoms with Crippen molar-refractivity contribution in [3.63, 3.8) is 0 Å². The zero-order valence-electron chi connectivity index (χ0n) is 8.13. The van der Waals surface area contributed by atoms with E-state index < -0.39 is 0 Å². The molecule has 1 saturated heterocycles. The molecule has 0 aromatic carbocycles. The van der Waals surface area contributed by atoms with Crippen molar-refractivity contribution in [3.05, 3.63) is 0 Å². The number of hydrogen-bond donors (Lipinski definition) is 2. The lowest BCUT2D eigenvalue weighted by Gasteiger charge is -2.16. The minimum Gasteiger partial charge on any atom is -0.419 e. The van der Waals surface area contributed by atoms with E-state index in [1.165, 1.54) is 0 Å². The van der Waals surface area contributed by atoms with E-state index >= 15 is 0 Å². The van der Waals surface area contributed by atoms with Gasteiger partial charge in [-0.15, -0.1) is 0 Å². The molecule has 1 aliphatic rings. The van der Waals surface area contributed by atoms with Crippen molar-refractivity contribution in [2.45, 2.75) is 45.2 Å². The Morgan fingerprint density at radius 3 is 2.75 bits per heavy atom. The average Bonchev–Trinajstić information content (AvgIpc) is 2.30. The summed E-state index contributed by atoms with van der Waals surface area (Å²) in [5.74, 6) is 0. The molecule has 0 amide bonds. The highest BCUT2D eigenvalue weighted by atomic mass is 16.5. The molecular weight excluding hydrogens is 153 g/mol. The van der Waals surface area contributed by atoms with Crippen LogP contribution in [0.4, 0.5) is 0 Å². The molecule has 70 valence electrons. The summed E-state index contributed by atoms with van der Waals surface area (Å²) >= 11 is 0. The molecule has 0 saturated carbocycles. The third-order valence-corrected chi connectivity index (χ3v) is 2.15. The summed E-state index contributed by atoms with van der Waals surface area (Å²) in [6.45, 7) is 6.91. The highest BCUT2D eigenvalue weighted by Gasteiger charge is 2.35. The van der Waals surface area contributed by atoms with Gasteiger partial charge in [-0.1, -0.05) is 6.92 Å². The van der Waals surface area contributed by atoms with Gasteiger partial charge in [0.2, 0.25) is 0 Å². The van der Waals surface area contributed by atoms with Gasteiger partial charge in [0, 0.05) is 12.1 Å². The highest BCUT2D eigenvalue weighted by molar-refractivity contribution is 6.50. The largest absolute Gasteiger partial charge is 0.419 e. The van der Waals surface area contributed by atoms with Gasteiger partial charge in [0.15, 0.2) is 0 Å². The van der Waals surface area contributed by atoms with Gasteiger partial charge in [0.25, 0.3) is 0 Å². The lowest BCUT2D eigenvalue weighted by Crippen LogP contribution is -2.42. The Kier molecular flexibility index (Phi) is 3.15. The molecule has 1 heterocycles. The maximum atomic E-state index is 9.37. The molecule has 12 heavy (non-hydrogen) atoms. The number of hydrogen-bond acceptors (Lipinski definition) is 3. The Hall–Kier alpha value is -0.0551. The molecule has 0 bridgehead atoms. The molecule has 3 nitrogen and oxygen atoms in total. The first-order valence-corrected chi connectivity index (χ1v) is 4.61. The number of nitrogens with one attached hydrogen (secondary N) is 1. The molecular formula is C8H18BNO2. The molecule has 0 aromatic heterocycles. The predicted octanol–water partition coefficient (Wildman–Crippen LogP) is 0.644. The minimum atomic E-state index is -0.239. The van der Waals surface area contributed by atoms with E-state index in [0.29, 0.717) is 6.32 Å². The van der Waals surface area contributed by atoms with Crippen LogP contribution in [0.3, 0.4) is 0 Å². The fourth-order valence-electron chi connectivity index (χ4n) is 1.37. The van der Waals surface area contributed by atoms with Gasteiger partial charge in [-0.05, 0) is 26.6 Å². The molecule has 4 heteroatoms. The summed E-state index contributed by atoms with van der Waals surface area (Å²) in [5.41, 5.74) is 0.0676. The first kappa shape index (κ1) is 10.0. The lowest BCUT2D eigenvalue weighted by atomic mass is 9.75. The summed E-state index contributed by atoms with van der Waals surface area (Å²) in [6.07, 6.45) is 1.25. The van der Waals surface area contributed by atoms with Gasteiger partial charge in [-0.2, -0.15) is 0 Å². The lowest BCUT2D eigenvalue weighted by molar-refractivity contribution is 0.183. The summed E-state index contributed by atoms with van der Waals surface area (Å²) in [6, 6.07) is 0. The number of rotatable bonds is 3. The molecule has 0 aliphatic carbocycles. The fourth-order valence-corrected chi connectivity index (χ4v) is 1.37. The second-order valence-corrected chi connectivity index (χ2v) is 4.13. The van der Waals surface area contributed by atoms with Crippen LogP contribution in [0.5, 0.6) is 0 Å². The zero-order chi connectivity index (χ0) is 9.19. The molecule has 0 aromatic rings. The van der Waals surface area contributed by atoms with Gasteiger partial charge >= 0.3 is 7.05 Å². The minimum absolute atomic E-state index is 0.0370. The van der Waals surface area contributed by atoms with E-state index in [4.69, 9.17) is 4.65 Å². The third-order valence-electron chi connectivity index (χ3n) is 2.15. The van der Waals surface area contributed by atoms with E-state index in [0.717, 1.165) is 13.0 Å². The Morgan fingerprint density at radius 1 is 1.67 bits per heavy atom. The molecule has 1 rings (SSSR count). The normalized spacial score (nSPS) is 24.5. The van der Waals surface area contributed by atoms with Crippen molar-refractivity contribution in [3.8, 4) is 0 Å². The van der Waals surface area contributed by atoms with Gasteiger partial charge in [0.1, 0.15) is 0 Å². The number of aliphatic hydroxyl groups excluding tert-OH is 1. The van der Waals surface area contributed by atoms with E-state index in [2.05, 4.69) is 19.1 Å². The van der Waals surface area contributed by atoms with Crippen LogP contribution in [-0.4, -0.2) is 30.4 Å². The fraction of sp³-hybridized carbons (Fsp3) is 1.00. The van der Waals surface area contributed by atoms with E-state index in [1.54, 1.807) is 0 Å². The molecule has 1 aliphatic heterocycles. The number of aliphatic hydroxyl groups is 1. The SMILES string of the molecule is CCC(O)CB1NC(C)(C)CO1. The molecule has 2 N–H and O–H groups in total. The predicted molar refractivity (Wildman–Crippen MR) is 50.0 cm³/mol. The van der Waals surface area contributed by atoms with Gasteiger partial charge in [-0.25, -0.2) is 0 Å². The maximum Gasteiger partial charge on any atom is 0.382 e. The Bertz CT molecular complexity index is 152. The summed E-state index contributed by atoms with van der Waals surface area (Å²) < 4.78 is 5.47. The van der Waals surface area contributed by atoms with E-state index in [-0.39, 0.29) is 18.7 Å². The quantitative estimate of drug-likeness (QED) is 0.612. The van der Waals surface area contributed by atoms with Crippen molar-refractivity contribution in [1.29, 1.82) is 0 Å². The summed E-state index contributed by atoms with van der Waals surface area (Å²) in [4.78, 5) is 0. The highest BCUT2D eigenvalue weighted by Crippen LogP contribution is 2.15. The van der Waals surface area contributed by atoms with Crippen LogP contribution in [0.1, 0.15) is 27.2 Å². The van der Waals surface area contributed by atoms with Crippen molar-refractivity contribution in [1.82, 2.24) is 5.23 Å². The van der Waals surface area contributed by atoms with Crippen molar-refractivity contribution < 1.29 is 9.76 Å². The van der Waals surface area contributed by atoms with Crippen LogP contribution in [0.25, 0.3) is 0 Å². The van der Waals surface area contributed by atoms with Crippen molar-refractivity contribution in [2.75, 3.05) is 6.61 Å². The summed E-state index contributed by atoms with van der Waals surface area (Å²) in [5, 5.41) is 12.7. The monoisotopic (exact) mass is 171 g/mol. The molecule has 1 unspecified atom stereocenters. The topological polar surface area (TPSA) is 41.5 Å². The van der Waals surface area contributed by atoms with Crippen LogP contribution < -0.4 is 5.23 Å². The van der Waals surface area contributed by atoms with Crippen LogP contribution in [0.15, 0.2) is 0 Å². The second kappa shape index (κ2) is 3.77. The molecule has 1 fully saturated rings. The summed E-state index contributed by atoms with van der Waals surface area (Å²) in [7, 11) is 0.0370. The Labute approximate surface area is 74.6 Å². The Balaban J connectivity index is 2.28. The first-order chi connectivity index (χ1) is 5.53. The Morgan fingerprint density at radius 2 is 2.33 bits per heavy atom. The van der Waals surface area contributed by atoms with E-state index in [9.17, 15) is 5.11 Å². The van der Waals surface area contributed by atoms with Gasteiger partial charge < -0.3 is 15.0 Å². The standard InChI is InChI=1S/C8H18BNO2/c1-4-7(11)5-9-10-8(2,3)6-12-9/h7,10-11H,4-6H2,1-3H3. The van der Waals surface area contributed by atoms with Crippen LogP contribution >= 0.6 is 0 Å². The third kappa shape index (κ3) is 2.77. The van der Waals surface area contributed by atoms with Gasteiger partial charge in [0.05, 0.1) is 6.10 Å². The van der Waals surface area contributed by atoms with Crippen LogP contribution in [0, 0.1) is 0 Å².